The number of rotatable bonds is 4. The minimum absolute atomic E-state index is 0.145. The molecule has 18 heavy (non-hydrogen) atoms. The normalized spacial score (nSPS) is 18.6. The highest BCUT2D eigenvalue weighted by molar-refractivity contribution is 9.09. The first-order valence-electron chi connectivity index (χ1n) is 6.91. The molecule has 0 radical (unpaired) electrons. The van der Waals surface area contributed by atoms with E-state index < -0.39 is 0 Å². The molecular weight excluding hydrogens is 288 g/mol. The molecule has 2 heteroatoms. The molecular formula is C16H23BrO. The van der Waals surface area contributed by atoms with Gasteiger partial charge in [0.15, 0.2) is 0 Å². The second-order valence-electron chi connectivity index (χ2n) is 5.91. The van der Waals surface area contributed by atoms with Crippen molar-refractivity contribution in [3.05, 3.63) is 29.3 Å². The van der Waals surface area contributed by atoms with Gasteiger partial charge in [-0.15, -0.1) is 0 Å². The van der Waals surface area contributed by atoms with E-state index in [0.29, 0.717) is 10.7 Å². The monoisotopic (exact) mass is 310 g/mol. The fraction of sp³-hybridized carbons (Fsp3) is 0.625. The summed E-state index contributed by atoms with van der Waals surface area (Å²) in [6, 6.07) is 6.67. The number of fused-ring (bicyclic) bond motifs is 1. The van der Waals surface area contributed by atoms with Gasteiger partial charge in [-0.1, -0.05) is 68.6 Å². The average Bonchev–Trinajstić information content (AvgIpc) is 2.66. The number of hydrogen-bond donors (Lipinski definition) is 0. The van der Waals surface area contributed by atoms with E-state index in [2.05, 4.69) is 61.8 Å². The van der Waals surface area contributed by atoms with Gasteiger partial charge in [-0.2, -0.15) is 0 Å². The van der Waals surface area contributed by atoms with Gasteiger partial charge >= 0.3 is 0 Å². The van der Waals surface area contributed by atoms with E-state index in [1.807, 2.05) is 0 Å². The molecule has 0 saturated carbocycles. The highest BCUT2D eigenvalue weighted by Crippen LogP contribution is 2.42. The predicted octanol–water partition coefficient (Wildman–Crippen LogP) is 5.23. The Morgan fingerprint density at radius 2 is 1.94 bits per heavy atom. The van der Waals surface area contributed by atoms with E-state index in [1.165, 1.54) is 24.0 Å². The molecule has 2 rings (SSSR count). The van der Waals surface area contributed by atoms with Gasteiger partial charge in [0.25, 0.3) is 0 Å². The van der Waals surface area contributed by atoms with Crippen molar-refractivity contribution in [3.63, 3.8) is 0 Å². The quantitative estimate of drug-likeness (QED) is 0.692. The Labute approximate surface area is 119 Å². The zero-order chi connectivity index (χ0) is 13.3. The Morgan fingerprint density at radius 3 is 2.56 bits per heavy atom. The minimum atomic E-state index is 0.145. The molecule has 0 amide bonds. The van der Waals surface area contributed by atoms with Crippen molar-refractivity contribution in [2.45, 2.75) is 50.8 Å². The number of halogens is 1. The van der Waals surface area contributed by atoms with Crippen molar-refractivity contribution >= 4 is 15.9 Å². The molecule has 100 valence electrons. The largest absolute Gasteiger partial charge is 0.492 e. The average molecular weight is 311 g/mol. The molecule has 0 aromatic heterocycles. The van der Waals surface area contributed by atoms with Crippen molar-refractivity contribution in [1.29, 1.82) is 0 Å². The molecule has 1 atom stereocenters. The third-order valence-corrected chi connectivity index (χ3v) is 5.38. The topological polar surface area (TPSA) is 9.23 Å². The summed E-state index contributed by atoms with van der Waals surface area (Å²) in [6.07, 6.45) is 2.42. The van der Waals surface area contributed by atoms with Crippen LogP contribution in [0.3, 0.4) is 0 Å². The van der Waals surface area contributed by atoms with Crippen LogP contribution in [0.15, 0.2) is 18.2 Å². The fourth-order valence-corrected chi connectivity index (χ4v) is 3.72. The fourth-order valence-electron chi connectivity index (χ4n) is 2.68. The van der Waals surface area contributed by atoms with Crippen molar-refractivity contribution in [2.24, 2.45) is 5.92 Å². The number of benzene rings is 1. The lowest BCUT2D eigenvalue weighted by Crippen LogP contribution is -2.18. The lowest BCUT2D eigenvalue weighted by molar-refractivity contribution is 0.291. The number of alkyl halides is 1. The van der Waals surface area contributed by atoms with Crippen LogP contribution < -0.4 is 4.74 Å². The molecule has 0 N–H and O–H groups in total. The predicted molar refractivity (Wildman–Crippen MR) is 80.7 cm³/mol. The zero-order valence-corrected chi connectivity index (χ0v) is 13.4. The standard InChI is InChI=1S/C16H23BrO/c1-5-11(6-2)15(17)12-7-8-14-13(9-12)16(3,4)10-18-14/h7-9,11,15H,5-6,10H2,1-4H3. The Kier molecular flexibility index (Phi) is 4.05. The molecule has 1 aliphatic rings. The van der Waals surface area contributed by atoms with Crippen molar-refractivity contribution in [1.82, 2.24) is 0 Å². The SMILES string of the molecule is CCC(CC)C(Br)c1ccc2c(c1)C(C)(C)CO2. The summed E-state index contributed by atoms with van der Waals surface area (Å²) in [5.74, 6) is 1.77. The molecule has 0 saturated heterocycles. The van der Waals surface area contributed by atoms with Gasteiger partial charge in [0.2, 0.25) is 0 Å². The third kappa shape index (κ3) is 2.45. The van der Waals surface area contributed by atoms with Crippen LogP contribution in [0.4, 0.5) is 0 Å². The zero-order valence-electron chi connectivity index (χ0n) is 11.8. The van der Waals surface area contributed by atoms with E-state index in [-0.39, 0.29) is 5.41 Å². The summed E-state index contributed by atoms with van der Waals surface area (Å²) < 4.78 is 5.75. The van der Waals surface area contributed by atoms with Gasteiger partial charge in [-0.3, -0.25) is 0 Å². The Morgan fingerprint density at radius 1 is 1.28 bits per heavy atom. The van der Waals surface area contributed by atoms with Crippen LogP contribution in [-0.2, 0) is 5.41 Å². The summed E-state index contributed by atoms with van der Waals surface area (Å²) >= 11 is 3.88. The molecule has 0 fully saturated rings. The third-order valence-electron chi connectivity index (χ3n) is 4.10. The van der Waals surface area contributed by atoms with Gasteiger partial charge in [-0.05, 0) is 17.5 Å². The number of ether oxygens (including phenoxy) is 1. The van der Waals surface area contributed by atoms with E-state index in [0.717, 1.165) is 12.4 Å². The summed E-state index contributed by atoms with van der Waals surface area (Å²) in [4.78, 5) is 0.453. The summed E-state index contributed by atoms with van der Waals surface area (Å²) in [5.41, 5.74) is 2.89. The van der Waals surface area contributed by atoms with Crippen LogP contribution >= 0.6 is 15.9 Å². The molecule has 1 aliphatic heterocycles. The van der Waals surface area contributed by atoms with Gasteiger partial charge in [0.05, 0.1) is 6.61 Å². The molecule has 0 aliphatic carbocycles. The maximum atomic E-state index is 5.75. The van der Waals surface area contributed by atoms with E-state index >= 15 is 0 Å². The van der Waals surface area contributed by atoms with Crippen LogP contribution in [0.2, 0.25) is 0 Å². The van der Waals surface area contributed by atoms with Crippen LogP contribution in [-0.4, -0.2) is 6.61 Å². The molecule has 1 aromatic carbocycles. The van der Waals surface area contributed by atoms with Crippen LogP contribution in [0, 0.1) is 5.92 Å². The maximum Gasteiger partial charge on any atom is 0.123 e. The first kappa shape index (κ1) is 13.9. The summed E-state index contributed by atoms with van der Waals surface area (Å²) in [7, 11) is 0. The highest BCUT2D eigenvalue weighted by Gasteiger charge is 2.32. The van der Waals surface area contributed by atoms with Crippen molar-refractivity contribution in [3.8, 4) is 5.75 Å². The van der Waals surface area contributed by atoms with Crippen molar-refractivity contribution < 1.29 is 4.74 Å². The van der Waals surface area contributed by atoms with Crippen LogP contribution in [0.5, 0.6) is 5.75 Å². The second-order valence-corrected chi connectivity index (χ2v) is 6.89. The lowest BCUT2D eigenvalue weighted by Gasteiger charge is -2.22. The molecule has 0 bridgehead atoms. The first-order chi connectivity index (χ1) is 8.49. The van der Waals surface area contributed by atoms with Gasteiger partial charge in [0.1, 0.15) is 5.75 Å². The minimum Gasteiger partial charge on any atom is -0.492 e. The van der Waals surface area contributed by atoms with E-state index in [1.54, 1.807) is 0 Å². The summed E-state index contributed by atoms with van der Waals surface area (Å²) in [6.45, 7) is 9.83. The molecule has 0 spiro atoms. The first-order valence-corrected chi connectivity index (χ1v) is 7.82. The molecule has 1 heterocycles. The highest BCUT2D eigenvalue weighted by atomic mass is 79.9. The Balaban J connectivity index is 2.32. The molecule has 1 aromatic rings. The summed E-state index contributed by atoms with van der Waals surface area (Å²) in [5, 5.41) is 0. The molecule has 1 nitrogen and oxygen atoms in total. The van der Waals surface area contributed by atoms with Gasteiger partial charge < -0.3 is 4.74 Å². The maximum absolute atomic E-state index is 5.75. The van der Waals surface area contributed by atoms with Crippen LogP contribution in [0.1, 0.15) is 56.5 Å². The Hall–Kier alpha value is -0.500. The van der Waals surface area contributed by atoms with Gasteiger partial charge in [0, 0.05) is 15.8 Å². The second kappa shape index (κ2) is 5.24. The molecule has 1 unspecified atom stereocenters. The smallest absolute Gasteiger partial charge is 0.123 e. The van der Waals surface area contributed by atoms with E-state index in [9.17, 15) is 0 Å². The lowest BCUT2D eigenvalue weighted by atomic mass is 9.84. The van der Waals surface area contributed by atoms with Gasteiger partial charge in [-0.25, -0.2) is 0 Å². The van der Waals surface area contributed by atoms with Crippen molar-refractivity contribution in [2.75, 3.05) is 6.61 Å². The van der Waals surface area contributed by atoms with E-state index in [4.69, 9.17) is 4.74 Å². The van der Waals surface area contributed by atoms with Crippen LogP contribution in [0.25, 0.3) is 0 Å². The number of hydrogen-bond acceptors (Lipinski definition) is 1. The Bertz CT molecular complexity index is 421.